The van der Waals surface area contributed by atoms with Crippen molar-refractivity contribution < 1.29 is 50.4 Å². The van der Waals surface area contributed by atoms with Gasteiger partial charge in [-0.1, -0.05) is 80.6 Å². The maximum atomic E-state index is 8.56. The van der Waals surface area contributed by atoms with Crippen molar-refractivity contribution in [1.29, 1.82) is 0 Å². The van der Waals surface area contributed by atoms with Gasteiger partial charge in [0.2, 0.25) is 0 Å². The minimum Gasteiger partial charge on any atom is -0.393 e. The third-order valence-electron chi connectivity index (χ3n) is 6.96. The zero-order valence-electron chi connectivity index (χ0n) is 28.4. The molecule has 262 valence electrons. The molecule has 0 aliphatic rings. The number of aliphatic hydroxyl groups excluding tert-OH is 2. The number of aliphatic hydroxyl groups is 2. The number of aryl methyl sites for hydroxylation is 2. The molecule has 2 atom stereocenters. The summed E-state index contributed by atoms with van der Waals surface area (Å²) < 4.78 is 3.88. The minimum atomic E-state index is -0.375. The molecule has 4 aromatic carbocycles. The predicted octanol–water partition coefficient (Wildman–Crippen LogP) is 7.71. The van der Waals surface area contributed by atoms with Gasteiger partial charge in [-0.2, -0.15) is 5.10 Å². The van der Waals surface area contributed by atoms with Gasteiger partial charge >= 0.3 is 0 Å². The second-order valence-electron chi connectivity index (χ2n) is 11.3. The first-order valence-corrected chi connectivity index (χ1v) is 16.3. The van der Waals surface area contributed by atoms with Crippen molar-refractivity contribution >= 4 is 0 Å². The van der Waals surface area contributed by atoms with Crippen LogP contribution in [0.2, 0.25) is 0 Å². The van der Waals surface area contributed by atoms with Gasteiger partial charge in [-0.25, -0.2) is 14.3 Å². The SMILES string of the molecule is CC(O)CC(C)O.CCCc1nc(-c2[c-]cccc2)nn1-c1ccccc1.CCCc1nc(-c2ccccc2)nn1-c1ccccc1.[Ir].[Ir]. The summed E-state index contributed by atoms with van der Waals surface area (Å²) in [5, 5.41) is 26.4. The summed E-state index contributed by atoms with van der Waals surface area (Å²) in [4.78, 5) is 9.37. The van der Waals surface area contributed by atoms with Crippen molar-refractivity contribution in [3.05, 3.63) is 133 Å². The summed E-state index contributed by atoms with van der Waals surface area (Å²) >= 11 is 0. The molecule has 8 nitrogen and oxygen atoms in total. The fourth-order valence-electron chi connectivity index (χ4n) is 4.86. The van der Waals surface area contributed by atoms with E-state index in [0.717, 1.165) is 71.5 Å². The molecule has 2 N–H and O–H groups in total. The summed E-state index contributed by atoms with van der Waals surface area (Å²) in [6.07, 6.45) is 3.66. The van der Waals surface area contributed by atoms with Crippen LogP contribution in [0.15, 0.2) is 115 Å². The maximum absolute atomic E-state index is 8.56. The molecule has 6 rings (SSSR count). The van der Waals surface area contributed by atoms with Crippen LogP contribution in [0.25, 0.3) is 34.2 Å². The van der Waals surface area contributed by atoms with Gasteiger partial charge in [0, 0.05) is 58.6 Å². The van der Waals surface area contributed by atoms with Crippen LogP contribution in [-0.4, -0.2) is 51.9 Å². The quantitative estimate of drug-likeness (QED) is 0.137. The van der Waals surface area contributed by atoms with Crippen LogP contribution in [0.1, 0.15) is 58.6 Å². The molecule has 0 fully saturated rings. The summed E-state index contributed by atoms with van der Waals surface area (Å²) in [5.74, 6) is 3.53. The number of hydrogen-bond acceptors (Lipinski definition) is 6. The van der Waals surface area contributed by atoms with Gasteiger partial charge in [0.05, 0.1) is 29.4 Å². The average molecular weight is 1010 g/mol. The van der Waals surface area contributed by atoms with Crippen LogP contribution >= 0.6 is 0 Å². The van der Waals surface area contributed by atoms with Gasteiger partial charge in [0.1, 0.15) is 11.6 Å². The van der Waals surface area contributed by atoms with Crippen molar-refractivity contribution in [2.75, 3.05) is 0 Å². The number of rotatable bonds is 10. The summed E-state index contributed by atoms with van der Waals surface area (Å²) in [7, 11) is 0. The Bertz CT molecular complexity index is 1600. The third-order valence-corrected chi connectivity index (χ3v) is 6.96. The fraction of sp³-hybridized carbons (Fsp3) is 0.282. The average Bonchev–Trinajstić information content (AvgIpc) is 3.72. The second kappa shape index (κ2) is 22.2. The van der Waals surface area contributed by atoms with E-state index in [-0.39, 0.29) is 52.4 Å². The molecular weight excluding hydrogens is 969 g/mol. The smallest absolute Gasteiger partial charge is 0.181 e. The topological polar surface area (TPSA) is 102 Å². The number of aromatic nitrogens is 6. The number of benzene rings is 4. The van der Waals surface area contributed by atoms with E-state index in [2.05, 4.69) is 47.2 Å². The van der Waals surface area contributed by atoms with Gasteiger partial charge in [-0.05, 0) is 57.4 Å². The van der Waals surface area contributed by atoms with Gasteiger partial charge in [0.15, 0.2) is 5.82 Å². The van der Waals surface area contributed by atoms with Crippen molar-refractivity contribution in [2.45, 2.75) is 72.0 Å². The summed E-state index contributed by atoms with van der Waals surface area (Å²) in [6.45, 7) is 7.63. The van der Waals surface area contributed by atoms with Crippen molar-refractivity contribution in [2.24, 2.45) is 0 Å². The number of hydrogen-bond donors (Lipinski definition) is 2. The molecule has 0 aliphatic carbocycles. The molecule has 0 amide bonds. The standard InChI is InChI=1S/C17H17N3.C17H16N3.C5H12O2.2Ir/c2*1-2-9-16-18-17(14-10-5-3-6-11-14)19-20(16)15-12-7-4-8-13-15;1-4(6)3-5(2)7;;/h3-8,10-13H,2,9H2,1H3;3-8,10,12-13H,2,9H2,1H3;4-7H,3H2,1-2H3;;/q;-1;;;. The molecule has 2 radical (unpaired) electrons. The summed E-state index contributed by atoms with van der Waals surface area (Å²) in [5.41, 5.74) is 4.09. The van der Waals surface area contributed by atoms with Crippen LogP contribution in [0.4, 0.5) is 0 Å². The first-order chi connectivity index (χ1) is 22.9. The van der Waals surface area contributed by atoms with E-state index in [1.807, 2.05) is 112 Å². The van der Waals surface area contributed by atoms with Gasteiger partial charge in [0.25, 0.3) is 0 Å². The number of nitrogens with zero attached hydrogens (tertiary/aromatic N) is 6. The number of para-hydroxylation sites is 2. The molecule has 0 bridgehead atoms. The molecule has 0 saturated carbocycles. The van der Waals surface area contributed by atoms with Crippen LogP contribution in [0.3, 0.4) is 0 Å². The third kappa shape index (κ3) is 13.0. The van der Waals surface area contributed by atoms with E-state index in [9.17, 15) is 0 Å². The largest absolute Gasteiger partial charge is 0.393 e. The Morgan fingerprint density at radius 1 is 0.592 bits per heavy atom. The van der Waals surface area contributed by atoms with Crippen molar-refractivity contribution in [3.63, 3.8) is 0 Å². The Kier molecular flexibility index (Phi) is 18.8. The van der Waals surface area contributed by atoms with Crippen LogP contribution in [0, 0.1) is 6.07 Å². The molecule has 10 heteroatoms. The Hall–Kier alpha value is -3.62. The molecular formula is C39H45Ir2N6O2-. The van der Waals surface area contributed by atoms with Crippen molar-refractivity contribution in [1.82, 2.24) is 29.5 Å². The minimum absolute atomic E-state index is 0. The van der Waals surface area contributed by atoms with E-state index in [1.54, 1.807) is 13.8 Å². The Labute approximate surface area is 317 Å². The van der Waals surface area contributed by atoms with Gasteiger partial charge in [-0.3, -0.25) is 4.98 Å². The first-order valence-electron chi connectivity index (χ1n) is 16.3. The summed E-state index contributed by atoms with van der Waals surface area (Å²) in [6, 6.07) is 41.4. The monoisotopic (exact) mass is 1020 g/mol. The molecule has 0 saturated heterocycles. The molecule has 2 heterocycles. The first kappa shape index (κ1) is 41.5. The van der Waals surface area contributed by atoms with Crippen LogP contribution < -0.4 is 0 Å². The maximum Gasteiger partial charge on any atom is 0.181 e. The molecule has 6 aromatic rings. The van der Waals surface area contributed by atoms with Crippen molar-refractivity contribution in [3.8, 4) is 34.2 Å². The molecule has 2 unspecified atom stereocenters. The van der Waals surface area contributed by atoms with E-state index in [4.69, 9.17) is 15.2 Å². The molecule has 2 aromatic heterocycles. The Balaban J connectivity index is 0.000000277. The van der Waals surface area contributed by atoms with Crippen LogP contribution in [0.5, 0.6) is 0 Å². The van der Waals surface area contributed by atoms with E-state index in [0.29, 0.717) is 6.42 Å². The molecule has 0 spiro atoms. The Morgan fingerprint density at radius 2 is 1.02 bits per heavy atom. The van der Waals surface area contributed by atoms with E-state index >= 15 is 0 Å². The molecule has 49 heavy (non-hydrogen) atoms. The zero-order chi connectivity index (χ0) is 33.4. The van der Waals surface area contributed by atoms with Crippen LogP contribution in [-0.2, 0) is 53.1 Å². The second-order valence-corrected chi connectivity index (χ2v) is 11.3. The van der Waals surface area contributed by atoms with Gasteiger partial charge in [-0.15, -0.1) is 41.0 Å². The van der Waals surface area contributed by atoms with E-state index < -0.39 is 0 Å². The normalized spacial score (nSPS) is 11.4. The molecule has 0 aliphatic heterocycles. The van der Waals surface area contributed by atoms with E-state index in [1.165, 1.54) is 0 Å². The van der Waals surface area contributed by atoms with Gasteiger partial charge < -0.3 is 10.2 Å². The predicted molar refractivity (Wildman–Crippen MR) is 188 cm³/mol. The Morgan fingerprint density at radius 3 is 1.43 bits per heavy atom. The fourth-order valence-corrected chi connectivity index (χ4v) is 4.86. The zero-order valence-corrected chi connectivity index (χ0v) is 33.2.